The van der Waals surface area contributed by atoms with E-state index in [0.29, 0.717) is 28.4 Å². The van der Waals surface area contributed by atoms with Crippen LogP contribution < -0.4 is 10.5 Å². The van der Waals surface area contributed by atoms with Gasteiger partial charge in [0.05, 0.1) is 12.6 Å². The Morgan fingerprint density at radius 1 is 1.10 bits per heavy atom. The number of halogens is 2. The Kier molecular flexibility index (Phi) is 5.33. The zero-order chi connectivity index (χ0) is 21.3. The lowest BCUT2D eigenvalue weighted by Crippen LogP contribution is -2.13. The molecule has 0 fully saturated rings. The Morgan fingerprint density at radius 3 is 2.67 bits per heavy atom. The lowest BCUT2D eigenvalue weighted by atomic mass is 9.92. The van der Waals surface area contributed by atoms with Crippen molar-refractivity contribution in [2.24, 2.45) is 5.73 Å². The SMILES string of the molecule is COc1nccc(Cc2cc(F)ccc2-c2cc(C(N)=O)nc3ccccc23)c1Cl. The van der Waals surface area contributed by atoms with Crippen LogP contribution in [0, 0.1) is 5.82 Å². The molecule has 0 spiro atoms. The number of para-hydroxylation sites is 1. The van der Waals surface area contributed by atoms with Gasteiger partial charge in [-0.3, -0.25) is 4.79 Å². The van der Waals surface area contributed by atoms with Crippen LogP contribution in [-0.4, -0.2) is 23.0 Å². The van der Waals surface area contributed by atoms with E-state index in [-0.39, 0.29) is 11.5 Å². The Balaban J connectivity index is 1.93. The number of fused-ring (bicyclic) bond motifs is 1. The van der Waals surface area contributed by atoms with Crippen molar-refractivity contribution in [2.45, 2.75) is 6.42 Å². The highest BCUT2D eigenvalue weighted by Crippen LogP contribution is 2.34. The van der Waals surface area contributed by atoms with Crippen molar-refractivity contribution in [1.82, 2.24) is 9.97 Å². The maximum atomic E-state index is 14.2. The summed E-state index contributed by atoms with van der Waals surface area (Å²) in [7, 11) is 1.49. The van der Waals surface area contributed by atoms with Gasteiger partial charge >= 0.3 is 0 Å². The summed E-state index contributed by atoms with van der Waals surface area (Å²) >= 11 is 6.41. The molecule has 150 valence electrons. The molecule has 2 heterocycles. The number of pyridine rings is 2. The standard InChI is InChI=1S/C23H17ClFN3O2/c1-30-23-21(24)13(8-9-27-23)10-14-11-15(25)6-7-16(14)18-12-20(22(26)29)28-19-5-3-2-4-17(18)19/h2-9,11-12H,10H2,1H3,(H2,26,29). The number of ether oxygens (including phenoxy) is 1. The van der Waals surface area contributed by atoms with Crippen molar-refractivity contribution in [2.75, 3.05) is 7.11 Å². The first-order valence-corrected chi connectivity index (χ1v) is 9.51. The van der Waals surface area contributed by atoms with Gasteiger partial charge in [0.2, 0.25) is 5.88 Å². The summed E-state index contributed by atoms with van der Waals surface area (Å²) in [5, 5.41) is 1.20. The maximum Gasteiger partial charge on any atom is 0.267 e. The molecule has 0 aliphatic heterocycles. The number of aromatic nitrogens is 2. The molecule has 0 unspecified atom stereocenters. The fraction of sp³-hybridized carbons (Fsp3) is 0.0870. The Hall–Kier alpha value is -3.51. The van der Waals surface area contributed by atoms with E-state index in [4.69, 9.17) is 22.1 Å². The molecule has 2 N–H and O–H groups in total. The molecular weight excluding hydrogens is 405 g/mol. The number of rotatable bonds is 5. The van der Waals surface area contributed by atoms with Crippen LogP contribution in [-0.2, 0) is 6.42 Å². The summed E-state index contributed by atoms with van der Waals surface area (Å²) in [6.07, 6.45) is 1.93. The van der Waals surface area contributed by atoms with Crippen LogP contribution >= 0.6 is 11.6 Å². The molecule has 2 aromatic carbocycles. The topological polar surface area (TPSA) is 78.1 Å². The van der Waals surface area contributed by atoms with Crippen LogP contribution in [0.4, 0.5) is 4.39 Å². The van der Waals surface area contributed by atoms with Crippen LogP contribution in [0.2, 0.25) is 5.02 Å². The summed E-state index contributed by atoms with van der Waals surface area (Å²) in [5.74, 6) is -0.704. The first-order valence-electron chi connectivity index (χ1n) is 9.13. The Labute approximate surface area is 177 Å². The molecule has 2 aromatic heterocycles. The molecule has 4 rings (SSSR count). The number of benzene rings is 2. The molecule has 30 heavy (non-hydrogen) atoms. The minimum absolute atomic E-state index is 0.141. The minimum atomic E-state index is -0.632. The number of primary amides is 1. The quantitative estimate of drug-likeness (QED) is 0.502. The molecule has 0 aliphatic carbocycles. The maximum absolute atomic E-state index is 14.2. The molecule has 0 saturated carbocycles. The summed E-state index contributed by atoms with van der Waals surface area (Å²) in [4.78, 5) is 20.3. The smallest absolute Gasteiger partial charge is 0.267 e. The number of hydrogen-bond donors (Lipinski definition) is 1. The van der Waals surface area contributed by atoms with E-state index >= 15 is 0 Å². The molecule has 0 atom stereocenters. The van der Waals surface area contributed by atoms with E-state index in [2.05, 4.69) is 9.97 Å². The number of nitrogens with zero attached hydrogens (tertiary/aromatic N) is 2. The lowest BCUT2D eigenvalue weighted by Gasteiger charge is -2.15. The van der Waals surface area contributed by atoms with Gasteiger partial charge in [-0.1, -0.05) is 35.9 Å². The van der Waals surface area contributed by atoms with E-state index in [9.17, 15) is 9.18 Å². The molecule has 1 amide bonds. The van der Waals surface area contributed by atoms with Crippen molar-refractivity contribution in [1.29, 1.82) is 0 Å². The van der Waals surface area contributed by atoms with Crippen LogP contribution in [0.5, 0.6) is 5.88 Å². The van der Waals surface area contributed by atoms with Gasteiger partial charge in [-0.05, 0) is 59.0 Å². The molecule has 0 saturated heterocycles. The van der Waals surface area contributed by atoms with Gasteiger partial charge in [-0.25, -0.2) is 14.4 Å². The summed E-state index contributed by atoms with van der Waals surface area (Å²) in [6.45, 7) is 0. The molecule has 0 aliphatic rings. The summed E-state index contributed by atoms with van der Waals surface area (Å²) in [6, 6.07) is 15.3. The number of carbonyl (C=O) groups is 1. The van der Waals surface area contributed by atoms with Gasteiger partial charge in [0.25, 0.3) is 5.91 Å². The second kappa shape index (κ2) is 8.08. The van der Waals surface area contributed by atoms with Crippen molar-refractivity contribution in [3.05, 3.63) is 88.5 Å². The van der Waals surface area contributed by atoms with Gasteiger partial charge in [0.1, 0.15) is 16.5 Å². The molecule has 4 aromatic rings. The zero-order valence-corrected chi connectivity index (χ0v) is 16.8. The zero-order valence-electron chi connectivity index (χ0n) is 16.0. The average Bonchev–Trinajstić information content (AvgIpc) is 2.74. The first kappa shape index (κ1) is 19.8. The second-order valence-electron chi connectivity index (χ2n) is 6.71. The monoisotopic (exact) mass is 421 g/mol. The highest BCUT2D eigenvalue weighted by molar-refractivity contribution is 6.32. The van der Waals surface area contributed by atoms with Gasteiger partial charge in [-0.2, -0.15) is 0 Å². The number of methoxy groups -OCH3 is 1. The van der Waals surface area contributed by atoms with Crippen molar-refractivity contribution >= 4 is 28.4 Å². The van der Waals surface area contributed by atoms with Crippen molar-refractivity contribution in [3.8, 4) is 17.0 Å². The number of carbonyl (C=O) groups excluding carboxylic acids is 1. The van der Waals surface area contributed by atoms with Gasteiger partial charge < -0.3 is 10.5 Å². The summed E-state index contributed by atoms with van der Waals surface area (Å²) in [5.41, 5.74) is 9.18. The van der Waals surface area contributed by atoms with Gasteiger partial charge in [0, 0.05) is 11.6 Å². The summed E-state index contributed by atoms with van der Waals surface area (Å²) < 4.78 is 19.4. The third-order valence-electron chi connectivity index (χ3n) is 4.84. The normalized spacial score (nSPS) is 10.9. The third-order valence-corrected chi connectivity index (χ3v) is 5.24. The van der Waals surface area contributed by atoms with E-state index in [0.717, 1.165) is 22.1 Å². The predicted octanol–water partition coefficient (Wildman–Crippen LogP) is 4.79. The molecule has 5 nitrogen and oxygen atoms in total. The van der Waals surface area contributed by atoms with Crippen LogP contribution in [0.25, 0.3) is 22.0 Å². The number of amides is 1. The van der Waals surface area contributed by atoms with E-state index < -0.39 is 5.91 Å². The largest absolute Gasteiger partial charge is 0.480 e. The van der Waals surface area contributed by atoms with E-state index in [1.54, 1.807) is 30.5 Å². The molecule has 7 heteroatoms. The number of hydrogen-bond acceptors (Lipinski definition) is 4. The van der Waals surface area contributed by atoms with E-state index in [1.807, 2.05) is 18.2 Å². The van der Waals surface area contributed by atoms with Crippen molar-refractivity contribution in [3.63, 3.8) is 0 Å². The molecule has 0 bridgehead atoms. The Morgan fingerprint density at radius 2 is 1.90 bits per heavy atom. The minimum Gasteiger partial charge on any atom is -0.480 e. The average molecular weight is 422 g/mol. The van der Waals surface area contributed by atoms with Crippen LogP contribution in [0.15, 0.2) is 60.8 Å². The Bertz CT molecular complexity index is 1280. The molecule has 0 radical (unpaired) electrons. The fourth-order valence-electron chi connectivity index (χ4n) is 3.44. The van der Waals surface area contributed by atoms with Crippen LogP contribution in [0.1, 0.15) is 21.6 Å². The van der Waals surface area contributed by atoms with Gasteiger partial charge in [-0.15, -0.1) is 0 Å². The van der Waals surface area contributed by atoms with E-state index in [1.165, 1.54) is 19.2 Å². The fourth-order valence-corrected chi connectivity index (χ4v) is 3.70. The lowest BCUT2D eigenvalue weighted by molar-refractivity contribution is 0.0996. The molecular formula is C23H17ClFN3O2. The second-order valence-corrected chi connectivity index (χ2v) is 7.09. The number of nitrogens with two attached hydrogens (primary N) is 1. The first-order chi connectivity index (χ1) is 14.5. The highest BCUT2D eigenvalue weighted by atomic mass is 35.5. The van der Waals surface area contributed by atoms with Crippen molar-refractivity contribution < 1.29 is 13.9 Å². The van der Waals surface area contributed by atoms with Gasteiger partial charge in [0.15, 0.2) is 0 Å². The third kappa shape index (κ3) is 3.69. The van der Waals surface area contributed by atoms with Crippen LogP contribution in [0.3, 0.4) is 0 Å². The highest BCUT2D eigenvalue weighted by Gasteiger charge is 2.16. The predicted molar refractivity (Wildman–Crippen MR) is 114 cm³/mol.